The molecule has 178 valence electrons. The molecule has 3 aromatic rings. The molecule has 2 aromatic carbocycles. The molecule has 33 heavy (non-hydrogen) atoms. The number of hydrogen-bond donors (Lipinski definition) is 0. The van der Waals surface area contributed by atoms with Crippen LogP contribution < -0.4 is 4.90 Å². The van der Waals surface area contributed by atoms with Gasteiger partial charge in [0.15, 0.2) is 5.82 Å². The number of sulfonamides is 1. The summed E-state index contributed by atoms with van der Waals surface area (Å²) in [4.78, 5) is 2.44. The van der Waals surface area contributed by atoms with Crippen LogP contribution in [0, 0.1) is 5.92 Å². The van der Waals surface area contributed by atoms with Gasteiger partial charge in [-0.05, 0) is 62.9 Å². The van der Waals surface area contributed by atoms with Crippen molar-refractivity contribution < 1.29 is 8.42 Å². The molecule has 9 heteroatoms. The smallest absolute Gasteiger partial charge is 0.243 e. The van der Waals surface area contributed by atoms with Gasteiger partial charge in [0.05, 0.1) is 17.0 Å². The van der Waals surface area contributed by atoms with E-state index in [0.717, 1.165) is 48.2 Å². The molecule has 1 aliphatic heterocycles. The summed E-state index contributed by atoms with van der Waals surface area (Å²) < 4.78 is 30.3. The van der Waals surface area contributed by atoms with E-state index < -0.39 is 10.0 Å². The lowest BCUT2D eigenvalue weighted by Gasteiger charge is -2.30. The normalized spacial score (nSPS) is 17.5. The van der Waals surface area contributed by atoms with E-state index in [4.69, 9.17) is 28.3 Å². The monoisotopic (exact) mass is 508 g/mol. The van der Waals surface area contributed by atoms with E-state index in [1.54, 1.807) is 16.4 Å². The minimum Gasteiger partial charge on any atom is -0.355 e. The van der Waals surface area contributed by atoms with Crippen molar-refractivity contribution in [1.29, 1.82) is 0 Å². The molecule has 0 bridgehead atoms. The van der Waals surface area contributed by atoms with Gasteiger partial charge < -0.3 is 4.90 Å². The van der Waals surface area contributed by atoms with Crippen molar-refractivity contribution in [3.05, 3.63) is 52.0 Å². The second-order valence-electron chi connectivity index (χ2n) is 8.64. The van der Waals surface area contributed by atoms with Crippen LogP contribution in [0.2, 0.25) is 10.0 Å². The minimum absolute atomic E-state index is 0.313. The fourth-order valence-electron chi connectivity index (χ4n) is 4.53. The second-order valence-corrected chi connectivity index (χ2v) is 11.4. The Balaban J connectivity index is 1.82. The number of rotatable bonds is 7. The molecule has 0 aliphatic carbocycles. The Morgan fingerprint density at radius 3 is 2.45 bits per heavy atom. The lowest BCUT2D eigenvalue weighted by atomic mass is 10.0. The zero-order valence-electron chi connectivity index (χ0n) is 19.3. The van der Waals surface area contributed by atoms with Crippen LogP contribution in [0.25, 0.3) is 10.9 Å². The second kappa shape index (κ2) is 9.82. The summed E-state index contributed by atoms with van der Waals surface area (Å²) in [7, 11) is -3.57. The first-order valence-corrected chi connectivity index (χ1v) is 13.6. The van der Waals surface area contributed by atoms with Crippen LogP contribution in [0.15, 0.2) is 41.3 Å². The number of halogens is 2. The minimum atomic E-state index is -3.57. The van der Waals surface area contributed by atoms with Gasteiger partial charge in [-0.3, -0.25) is 4.68 Å². The van der Waals surface area contributed by atoms with Crippen molar-refractivity contribution in [2.24, 2.45) is 5.92 Å². The molecular formula is C24H30Cl2N4O2S. The Bertz CT molecular complexity index is 1230. The summed E-state index contributed by atoms with van der Waals surface area (Å²) in [6, 6.07) is 10.7. The van der Waals surface area contributed by atoms with Gasteiger partial charge in [0.1, 0.15) is 0 Å². The Morgan fingerprint density at radius 1 is 1.12 bits per heavy atom. The van der Waals surface area contributed by atoms with Crippen LogP contribution in [0.1, 0.15) is 39.2 Å². The number of hydrogen-bond acceptors (Lipinski definition) is 4. The van der Waals surface area contributed by atoms with Crippen LogP contribution in [0.5, 0.6) is 0 Å². The molecule has 0 saturated carbocycles. The predicted octanol–water partition coefficient (Wildman–Crippen LogP) is 5.66. The van der Waals surface area contributed by atoms with E-state index in [1.807, 2.05) is 28.9 Å². The SMILES string of the molecule is CCN(CC)c1nn(Cc2c(Cl)cccc2Cl)c2ccc(S(=O)(=O)N3CCCC(C)C3)cc12. The van der Waals surface area contributed by atoms with Crippen LogP contribution in [0.4, 0.5) is 5.82 Å². The van der Waals surface area contributed by atoms with E-state index >= 15 is 0 Å². The van der Waals surface area contributed by atoms with Crippen molar-refractivity contribution in [1.82, 2.24) is 14.1 Å². The Morgan fingerprint density at radius 2 is 1.82 bits per heavy atom. The number of fused-ring (bicyclic) bond motifs is 1. The molecule has 0 spiro atoms. The molecule has 1 saturated heterocycles. The summed E-state index contributed by atoms with van der Waals surface area (Å²) in [5.41, 5.74) is 1.63. The molecule has 0 amide bonds. The quantitative estimate of drug-likeness (QED) is 0.413. The molecule has 6 nitrogen and oxygen atoms in total. The third-order valence-corrected chi connectivity index (χ3v) is 8.96. The lowest BCUT2D eigenvalue weighted by Crippen LogP contribution is -2.39. The summed E-state index contributed by atoms with van der Waals surface area (Å²) in [6.07, 6.45) is 1.96. The van der Waals surface area contributed by atoms with Gasteiger partial charge in [0, 0.05) is 47.2 Å². The predicted molar refractivity (Wildman–Crippen MR) is 136 cm³/mol. The Hall–Kier alpha value is -1.80. The van der Waals surface area contributed by atoms with Crippen molar-refractivity contribution >= 4 is 49.9 Å². The standard InChI is InChI=1S/C24H30Cl2N4O2S/c1-4-28(5-2)24-19-14-18(33(31,32)29-13-7-8-17(3)15-29)11-12-23(19)30(27-24)16-20-21(25)9-6-10-22(20)26/h6,9-12,14,17H,4-5,7-8,13,15-16H2,1-3H3. The molecule has 1 aromatic heterocycles. The van der Waals surface area contributed by atoms with E-state index in [2.05, 4.69) is 25.7 Å². The number of benzene rings is 2. The zero-order valence-corrected chi connectivity index (χ0v) is 21.6. The number of piperidine rings is 1. The molecule has 2 heterocycles. The van der Waals surface area contributed by atoms with Crippen LogP contribution in [-0.2, 0) is 16.6 Å². The highest BCUT2D eigenvalue weighted by molar-refractivity contribution is 7.89. The lowest BCUT2D eigenvalue weighted by molar-refractivity contribution is 0.281. The van der Waals surface area contributed by atoms with Gasteiger partial charge >= 0.3 is 0 Å². The first-order valence-electron chi connectivity index (χ1n) is 11.4. The summed E-state index contributed by atoms with van der Waals surface area (Å²) >= 11 is 12.8. The van der Waals surface area contributed by atoms with Gasteiger partial charge in [-0.15, -0.1) is 0 Å². The van der Waals surface area contributed by atoms with E-state index in [9.17, 15) is 8.42 Å². The molecule has 1 unspecified atom stereocenters. The maximum Gasteiger partial charge on any atom is 0.243 e. The third-order valence-electron chi connectivity index (χ3n) is 6.39. The molecule has 4 rings (SSSR count). The van der Waals surface area contributed by atoms with Gasteiger partial charge in [-0.25, -0.2) is 8.42 Å². The van der Waals surface area contributed by atoms with Crippen LogP contribution >= 0.6 is 23.2 Å². The average molecular weight is 510 g/mol. The highest BCUT2D eigenvalue weighted by atomic mass is 35.5. The molecule has 1 fully saturated rings. The van der Waals surface area contributed by atoms with Crippen molar-refractivity contribution in [2.75, 3.05) is 31.1 Å². The fourth-order valence-corrected chi connectivity index (χ4v) is 6.67. The maximum absolute atomic E-state index is 13.4. The highest BCUT2D eigenvalue weighted by Crippen LogP contribution is 2.33. The summed E-state index contributed by atoms with van der Waals surface area (Å²) in [6.45, 7) is 9.28. The molecule has 1 aliphatic rings. The molecule has 0 radical (unpaired) electrons. The van der Waals surface area contributed by atoms with Crippen molar-refractivity contribution in [3.63, 3.8) is 0 Å². The number of nitrogens with zero attached hydrogens (tertiary/aromatic N) is 4. The molecule has 1 atom stereocenters. The first kappa shape index (κ1) is 24.3. The largest absolute Gasteiger partial charge is 0.355 e. The van der Waals surface area contributed by atoms with Gasteiger partial charge in [-0.1, -0.05) is 36.2 Å². The zero-order chi connectivity index (χ0) is 23.8. The van der Waals surface area contributed by atoms with E-state index in [1.165, 1.54) is 0 Å². The number of anilines is 1. The summed E-state index contributed by atoms with van der Waals surface area (Å²) in [5, 5.41) is 6.84. The molecular weight excluding hydrogens is 479 g/mol. The maximum atomic E-state index is 13.4. The van der Waals surface area contributed by atoms with Crippen molar-refractivity contribution in [3.8, 4) is 0 Å². The third kappa shape index (κ3) is 4.74. The summed E-state index contributed by atoms with van der Waals surface area (Å²) in [5.74, 6) is 1.13. The van der Waals surface area contributed by atoms with Crippen molar-refractivity contribution in [2.45, 2.75) is 45.1 Å². The molecule has 0 N–H and O–H groups in total. The van der Waals surface area contributed by atoms with Gasteiger partial charge in [0.2, 0.25) is 10.0 Å². The van der Waals surface area contributed by atoms with E-state index in [0.29, 0.717) is 40.5 Å². The van der Waals surface area contributed by atoms with E-state index in [-0.39, 0.29) is 0 Å². The number of aromatic nitrogens is 2. The topological polar surface area (TPSA) is 58.4 Å². The van der Waals surface area contributed by atoms with Gasteiger partial charge in [-0.2, -0.15) is 9.40 Å². The Labute approximate surface area is 206 Å². The van der Waals surface area contributed by atoms with Crippen LogP contribution in [0.3, 0.4) is 0 Å². The first-order chi connectivity index (χ1) is 15.8. The van der Waals surface area contributed by atoms with Gasteiger partial charge in [0.25, 0.3) is 0 Å². The fraction of sp³-hybridized carbons (Fsp3) is 0.458. The Kier molecular flexibility index (Phi) is 7.24. The average Bonchev–Trinajstić information content (AvgIpc) is 3.15. The highest BCUT2D eigenvalue weighted by Gasteiger charge is 2.29. The van der Waals surface area contributed by atoms with Crippen LogP contribution in [-0.4, -0.2) is 48.7 Å².